The van der Waals surface area contributed by atoms with Gasteiger partial charge < -0.3 is 10.1 Å². The van der Waals surface area contributed by atoms with Crippen LogP contribution in [0.25, 0.3) is 0 Å². The highest BCUT2D eigenvalue weighted by molar-refractivity contribution is 5.96. The van der Waals surface area contributed by atoms with Crippen LogP contribution in [0.5, 0.6) is 5.75 Å². The molecular formula is C18H26N2O2. The van der Waals surface area contributed by atoms with Gasteiger partial charge in [-0.15, -0.1) is 0 Å². The van der Waals surface area contributed by atoms with Crippen LogP contribution in [0.3, 0.4) is 0 Å². The number of nitrogens with zero attached hydrogens (tertiary/aromatic N) is 1. The average Bonchev–Trinajstić information content (AvgIpc) is 3.13. The molecule has 1 aromatic carbocycles. The van der Waals surface area contributed by atoms with Gasteiger partial charge in [-0.05, 0) is 43.4 Å². The summed E-state index contributed by atoms with van der Waals surface area (Å²) in [4.78, 5) is 15.0. The van der Waals surface area contributed by atoms with E-state index in [1.807, 2.05) is 24.3 Å². The summed E-state index contributed by atoms with van der Waals surface area (Å²) in [6.07, 6.45) is 4.03. The van der Waals surface area contributed by atoms with E-state index in [9.17, 15) is 4.79 Å². The third-order valence-corrected chi connectivity index (χ3v) is 5.38. The fraction of sp³-hybridized carbons (Fsp3) is 0.611. The molecule has 120 valence electrons. The molecule has 1 aromatic rings. The Morgan fingerprint density at radius 1 is 1.36 bits per heavy atom. The topological polar surface area (TPSA) is 41.6 Å². The summed E-state index contributed by atoms with van der Waals surface area (Å²) in [5.41, 5.74) is 0.619. The van der Waals surface area contributed by atoms with E-state index in [-0.39, 0.29) is 5.91 Å². The van der Waals surface area contributed by atoms with Crippen molar-refractivity contribution >= 4 is 5.91 Å². The van der Waals surface area contributed by atoms with Crippen molar-refractivity contribution in [2.24, 2.45) is 11.8 Å². The lowest BCUT2D eigenvalue weighted by Crippen LogP contribution is -2.43. The molecule has 22 heavy (non-hydrogen) atoms. The number of fused-ring (bicyclic) bond motifs is 1. The molecule has 0 spiro atoms. The largest absolute Gasteiger partial charge is 0.496 e. The quantitative estimate of drug-likeness (QED) is 0.909. The minimum Gasteiger partial charge on any atom is -0.496 e. The fourth-order valence-corrected chi connectivity index (χ4v) is 4.27. The molecule has 1 saturated carbocycles. The van der Waals surface area contributed by atoms with Crippen LogP contribution in [-0.4, -0.2) is 43.6 Å². The lowest BCUT2D eigenvalue weighted by Gasteiger charge is -2.27. The van der Waals surface area contributed by atoms with Gasteiger partial charge in [0.1, 0.15) is 5.75 Å². The summed E-state index contributed by atoms with van der Waals surface area (Å²) in [5, 5.41) is 3.13. The van der Waals surface area contributed by atoms with Gasteiger partial charge in [0.05, 0.1) is 12.7 Å². The molecule has 3 atom stereocenters. The highest BCUT2D eigenvalue weighted by atomic mass is 16.5. The standard InChI is InChI=1S/C18H26N2O2/c1-3-20-12-13-7-6-9-14(13)16(20)11-19-18(21)15-8-4-5-10-17(15)22-2/h4-5,8,10,13-14,16H,3,6-7,9,11-12H2,1-2H3,(H,19,21). The Kier molecular flexibility index (Phi) is 4.67. The van der Waals surface area contributed by atoms with E-state index in [0.29, 0.717) is 17.4 Å². The maximum Gasteiger partial charge on any atom is 0.255 e. The summed E-state index contributed by atoms with van der Waals surface area (Å²) in [5.74, 6) is 2.21. The van der Waals surface area contributed by atoms with Crippen molar-refractivity contribution in [2.75, 3.05) is 26.7 Å². The number of carbonyl (C=O) groups is 1. The number of ether oxygens (including phenoxy) is 1. The molecule has 1 aliphatic carbocycles. The monoisotopic (exact) mass is 302 g/mol. The molecule has 4 heteroatoms. The molecule has 2 fully saturated rings. The average molecular weight is 302 g/mol. The van der Waals surface area contributed by atoms with Crippen molar-refractivity contribution in [3.8, 4) is 5.75 Å². The number of carbonyl (C=O) groups excluding carboxylic acids is 1. The number of methoxy groups -OCH3 is 1. The van der Waals surface area contributed by atoms with E-state index >= 15 is 0 Å². The Bertz CT molecular complexity index is 532. The Labute approximate surface area is 132 Å². The summed E-state index contributed by atoms with van der Waals surface area (Å²) in [6.45, 7) is 5.24. The molecule has 1 amide bonds. The van der Waals surface area contributed by atoms with Crippen molar-refractivity contribution in [1.29, 1.82) is 0 Å². The van der Waals surface area contributed by atoms with Gasteiger partial charge >= 0.3 is 0 Å². The highest BCUT2D eigenvalue weighted by Crippen LogP contribution is 2.41. The molecule has 0 radical (unpaired) electrons. The lowest BCUT2D eigenvalue weighted by atomic mass is 9.94. The molecule has 1 saturated heterocycles. The van der Waals surface area contributed by atoms with E-state index in [4.69, 9.17) is 4.74 Å². The van der Waals surface area contributed by atoms with Crippen LogP contribution in [-0.2, 0) is 0 Å². The first-order valence-electron chi connectivity index (χ1n) is 8.39. The van der Waals surface area contributed by atoms with E-state index in [1.54, 1.807) is 7.11 Å². The van der Waals surface area contributed by atoms with Crippen molar-refractivity contribution in [3.63, 3.8) is 0 Å². The van der Waals surface area contributed by atoms with Crippen molar-refractivity contribution < 1.29 is 9.53 Å². The number of para-hydroxylation sites is 1. The molecule has 1 heterocycles. The van der Waals surface area contributed by atoms with Crippen LogP contribution >= 0.6 is 0 Å². The van der Waals surface area contributed by atoms with E-state index < -0.39 is 0 Å². The normalized spacial score (nSPS) is 27.6. The first-order valence-corrected chi connectivity index (χ1v) is 8.39. The van der Waals surface area contributed by atoms with Gasteiger partial charge in [0, 0.05) is 19.1 Å². The number of hydrogen-bond acceptors (Lipinski definition) is 3. The van der Waals surface area contributed by atoms with Crippen LogP contribution in [0, 0.1) is 11.8 Å². The summed E-state index contributed by atoms with van der Waals surface area (Å²) in [7, 11) is 1.60. The molecule has 2 aliphatic rings. The van der Waals surface area contributed by atoms with Crippen LogP contribution in [0.15, 0.2) is 24.3 Å². The van der Waals surface area contributed by atoms with Crippen LogP contribution in [0.4, 0.5) is 0 Å². The first-order chi connectivity index (χ1) is 10.7. The Morgan fingerprint density at radius 3 is 2.95 bits per heavy atom. The second-order valence-corrected chi connectivity index (χ2v) is 6.42. The Balaban J connectivity index is 1.65. The van der Waals surface area contributed by atoms with Crippen molar-refractivity contribution in [1.82, 2.24) is 10.2 Å². The lowest BCUT2D eigenvalue weighted by molar-refractivity contribution is 0.0932. The third-order valence-electron chi connectivity index (χ3n) is 5.38. The Hall–Kier alpha value is -1.55. The summed E-state index contributed by atoms with van der Waals surface area (Å²) >= 11 is 0. The number of rotatable bonds is 5. The molecule has 4 nitrogen and oxygen atoms in total. The minimum atomic E-state index is -0.0325. The molecule has 3 rings (SSSR count). The van der Waals surface area contributed by atoms with Gasteiger partial charge in [-0.3, -0.25) is 9.69 Å². The zero-order chi connectivity index (χ0) is 15.5. The van der Waals surface area contributed by atoms with Gasteiger partial charge in [-0.1, -0.05) is 25.5 Å². The number of likely N-dealkylation sites (tertiary alicyclic amines) is 1. The highest BCUT2D eigenvalue weighted by Gasteiger charge is 2.43. The maximum atomic E-state index is 12.5. The summed E-state index contributed by atoms with van der Waals surface area (Å²) < 4.78 is 5.28. The SMILES string of the molecule is CCN1CC2CCCC2C1CNC(=O)c1ccccc1OC. The Morgan fingerprint density at radius 2 is 2.18 bits per heavy atom. The zero-order valence-corrected chi connectivity index (χ0v) is 13.5. The number of benzene rings is 1. The maximum absolute atomic E-state index is 12.5. The molecular weight excluding hydrogens is 276 g/mol. The minimum absolute atomic E-state index is 0.0325. The van der Waals surface area contributed by atoms with Gasteiger partial charge in [0.15, 0.2) is 0 Å². The predicted octanol–water partition coefficient (Wildman–Crippen LogP) is 2.55. The number of hydrogen-bond donors (Lipinski definition) is 1. The van der Waals surface area contributed by atoms with Crippen molar-refractivity contribution in [3.05, 3.63) is 29.8 Å². The van der Waals surface area contributed by atoms with Gasteiger partial charge in [0.2, 0.25) is 0 Å². The number of amides is 1. The smallest absolute Gasteiger partial charge is 0.255 e. The van der Waals surface area contributed by atoms with Crippen LogP contribution < -0.4 is 10.1 Å². The fourth-order valence-electron chi connectivity index (χ4n) is 4.27. The van der Waals surface area contributed by atoms with Gasteiger partial charge in [-0.2, -0.15) is 0 Å². The van der Waals surface area contributed by atoms with Gasteiger partial charge in [-0.25, -0.2) is 0 Å². The molecule has 0 bridgehead atoms. The number of nitrogens with one attached hydrogen (secondary N) is 1. The second-order valence-electron chi connectivity index (χ2n) is 6.42. The zero-order valence-electron chi connectivity index (χ0n) is 13.5. The van der Waals surface area contributed by atoms with E-state index in [2.05, 4.69) is 17.1 Å². The van der Waals surface area contributed by atoms with E-state index in [0.717, 1.165) is 24.9 Å². The van der Waals surface area contributed by atoms with Crippen LogP contribution in [0.1, 0.15) is 36.5 Å². The third kappa shape index (κ3) is 2.84. The summed E-state index contributed by atoms with van der Waals surface area (Å²) in [6, 6.07) is 7.90. The molecule has 3 unspecified atom stereocenters. The second kappa shape index (κ2) is 6.69. The van der Waals surface area contributed by atoms with Crippen LogP contribution in [0.2, 0.25) is 0 Å². The van der Waals surface area contributed by atoms with E-state index in [1.165, 1.54) is 25.8 Å². The molecule has 0 aromatic heterocycles. The van der Waals surface area contributed by atoms with Crippen molar-refractivity contribution in [2.45, 2.75) is 32.2 Å². The van der Waals surface area contributed by atoms with Gasteiger partial charge in [0.25, 0.3) is 5.91 Å². The molecule has 1 aliphatic heterocycles. The number of likely N-dealkylation sites (N-methyl/N-ethyl adjacent to an activating group) is 1. The predicted molar refractivity (Wildman–Crippen MR) is 87.2 cm³/mol. The first kappa shape index (κ1) is 15.3. The molecule has 1 N–H and O–H groups in total.